The van der Waals surface area contributed by atoms with Gasteiger partial charge < -0.3 is 4.90 Å². The first-order valence-electron chi connectivity index (χ1n) is 6.07. The highest BCUT2D eigenvalue weighted by Gasteiger charge is 2.21. The van der Waals surface area contributed by atoms with E-state index in [1.54, 1.807) is 24.5 Å². The summed E-state index contributed by atoms with van der Waals surface area (Å²) in [5, 5.41) is 0. The number of anilines is 1. The van der Waals surface area contributed by atoms with Crippen molar-refractivity contribution < 1.29 is 9.18 Å². The van der Waals surface area contributed by atoms with Crippen molar-refractivity contribution in [3.8, 4) is 11.1 Å². The van der Waals surface area contributed by atoms with Gasteiger partial charge in [-0.1, -0.05) is 12.1 Å². The lowest BCUT2D eigenvalue weighted by Gasteiger charge is -2.13. The number of carbonyl (C=O) groups is 1. The maximum absolute atomic E-state index is 13.1. The van der Waals surface area contributed by atoms with E-state index >= 15 is 0 Å². The summed E-state index contributed by atoms with van der Waals surface area (Å²) in [6, 6.07) is 6.30. The van der Waals surface area contributed by atoms with Gasteiger partial charge in [-0.3, -0.25) is 4.79 Å². The van der Waals surface area contributed by atoms with E-state index in [0.717, 1.165) is 11.1 Å². The van der Waals surface area contributed by atoms with E-state index < -0.39 is 0 Å². The Balaban J connectivity index is 1.85. The van der Waals surface area contributed by atoms with Gasteiger partial charge in [0.1, 0.15) is 5.82 Å². The first-order valence-corrected chi connectivity index (χ1v) is 6.07. The third-order valence-electron chi connectivity index (χ3n) is 3.11. The summed E-state index contributed by atoms with van der Waals surface area (Å²) in [5.74, 6) is 0.468. The number of hydrogen-bond acceptors (Lipinski definition) is 4. The number of Topliss-reactive ketones (excluding diaryl/α,β-unsaturated/α-hetero) is 1. The molecule has 1 aromatic carbocycles. The number of benzene rings is 1. The molecule has 3 rings (SSSR count). The van der Waals surface area contributed by atoms with Gasteiger partial charge in [0.05, 0.1) is 6.54 Å². The van der Waals surface area contributed by atoms with Gasteiger partial charge in [-0.15, -0.1) is 0 Å². The van der Waals surface area contributed by atoms with Crippen LogP contribution in [0, 0.1) is 5.82 Å². The number of nitrogens with zero attached hydrogens (tertiary/aromatic N) is 3. The van der Waals surface area contributed by atoms with Crippen LogP contribution in [0.15, 0.2) is 36.7 Å². The average molecular weight is 257 g/mol. The third-order valence-corrected chi connectivity index (χ3v) is 3.11. The van der Waals surface area contributed by atoms with Gasteiger partial charge in [-0.05, 0) is 17.7 Å². The lowest BCUT2D eigenvalue weighted by Crippen LogP contribution is -2.21. The molecule has 0 unspecified atom stereocenters. The van der Waals surface area contributed by atoms with Gasteiger partial charge in [0, 0.05) is 30.9 Å². The second kappa shape index (κ2) is 4.76. The summed E-state index contributed by atoms with van der Waals surface area (Å²) in [4.78, 5) is 21.5. The summed E-state index contributed by atoms with van der Waals surface area (Å²) in [6.45, 7) is 1.04. The number of carbonyl (C=O) groups excluding carboxylic acids is 1. The van der Waals surface area contributed by atoms with Crippen LogP contribution in [-0.4, -0.2) is 28.8 Å². The fourth-order valence-electron chi connectivity index (χ4n) is 2.10. The quantitative estimate of drug-likeness (QED) is 0.826. The van der Waals surface area contributed by atoms with Crippen molar-refractivity contribution in [3.05, 3.63) is 42.5 Å². The largest absolute Gasteiger partial charge is 0.333 e. The highest BCUT2D eigenvalue weighted by atomic mass is 19.1. The normalized spacial score (nSPS) is 15.0. The van der Waals surface area contributed by atoms with E-state index in [4.69, 9.17) is 0 Å². The van der Waals surface area contributed by atoms with Crippen LogP contribution in [0.5, 0.6) is 0 Å². The minimum Gasteiger partial charge on any atom is -0.333 e. The Labute approximate surface area is 109 Å². The lowest BCUT2D eigenvalue weighted by atomic mass is 10.1. The molecule has 1 saturated heterocycles. The molecule has 0 spiro atoms. The van der Waals surface area contributed by atoms with E-state index in [0.29, 0.717) is 25.5 Å². The summed E-state index contributed by atoms with van der Waals surface area (Å²) in [5.41, 5.74) is 1.50. The van der Waals surface area contributed by atoms with Gasteiger partial charge in [0.25, 0.3) is 0 Å². The van der Waals surface area contributed by atoms with Crippen LogP contribution >= 0.6 is 0 Å². The van der Waals surface area contributed by atoms with Crippen molar-refractivity contribution in [2.24, 2.45) is 0 Å². The molecule has 5 heteroatoms. The fourth-order valence-corrected chi connectivity index (χ4v) is 2.10. The van der Waals surface area contributed by atoms with Gasteiger partial charge in [-0.25, -0.2) is 14.4 Å². The second-order valence-corrected chi connectivity index (χ2v) is 4.49. The van der Waals surface area contributed by atoms with Crippen molar-refractivity contribution in [2.45, 2.75) is 6.42 Å². The Hall–Kier alpha value is -2.30. The Bertz CT molecular complexity index is 612. The molecule has 96 valence electrons. The zero-order valence-corrected chi connectivity index (χ0v) is 10.2. The van der Waals surface area contributed by atoms with Crippen LogP contribution in [0.1, 0.15) is 6.42 Å². The van der Waals surface area contributed by atoms with Crippen LogP contribution in [-0.2, 0) is 4.79 Å². The van der Waals surface area contributed by atoms with E-state index in [2.05, 4.69) is 9.97 Å². The van der Waals surface area contributed by atoms with Gasteiger partial charge in [0.15, 0.2) is 5.78 Å². The lowest BCUT2D eigenvalue weighted by molar-refractivity contribution is -0.116. The molecule has 2 heterocycles. The van der Waals surface area contributed by atoms with Crippen molar-refractivity contribution in [2.75, 3.05) is 18.0 Å². The van der Waals surface area contributed by atoms with Crippen molar-refractivity contribution in [1.82, 2.24) is 9.97 Å². The highest BCUT2D eigenvalue weighted by molar-refractivity contribution is 5.86. The van der Waals surface area contributed by atoms with E-state index in [1.807, 2.05) is 4.90 Å². The minimum absolute atomic E-state index is 0.206. The van der Waals surface area contributed by atoms with E-state index in [9.17, 15) is 9.18 Å². The number of rotatable bonds is 2. The van der Waals surface area contributed by atoms with E-state index in [1.165, 1.54) is 12.1 Å². The maximum Gasteiger partial charge on any atom is 0.225 e. The number of aromatic nitrogens is 2. The number of halogens is 1. The molecule has 19 heavy (non-hydrogen) atoms. The first kappa shape index (κ1) is 11.8. The predicted octanol–water partition coefficient (Wildman–Crippen LogP) is 2.06. The smallest absolute Gasteiger partial charge is 0.225 e. The zero-order valence-electron chi connectivity index (χ0n) is 10.2. The molecule has 1 aliphatic heterocycles. The zero-order chi connectivity index (χ0) is 13.2. The molecule has 0 amide bonds. The van der Waals surface area contributed by atoms with Gasteiger partial charge in [-0.2, -0.15) is 0 Å². The Kier molecular flexibility index (Phi) is 2.95. The molecular formula is C14H12FN3O. The molecule has 2 aromatic rings. The van der Waals surface area contributed by atoms with Crippen molar-refractivity contribution in [1.29, 1.82) is 0 Å². The Morgan fingerprint density at radius 3 is 2.58 bits per heavy atom. The van der Waals surface area contributed by atoms with Gasteiger partial charge >= 0.3 is 0 Å². The van der Waals surface area contributed by atoms with Crippen LogP contribution in [0.25, 0.3) is 11.1 Å². The average Bonchev–Trinajstić information content (AvgIpc) is 2.86. The minimum atomic E-state index is -0.285. The molecule has 4 nitrogen and oxygen atoms in total. The summed E-state index contributed by atoms with van der Waals surface area (Å²) in [7, 11) is 0. The van der Waals surface area contributed by atoms with Crippen LogP contribution in [0.2, 0.25) is 0 Å². The molecule has 0 radical (unpaired) electrons. The Morgan fingerprint density at radius 1 is 1.16 bits per heavy atom. The molecular weight excluding hydrogens is 245 g/mol. The second-order valence-electron chi connectivity index (χ2n) is 4.49. The van der Waals surface area contributed by atoms with E-state index in [-0.39, 0.29) is 11.6 Å². The Morgan fingerprint density at radius 2 is 1.95 bits per heavy atom. The fraction of sp³-hybridized carbons (Fsp3) is 0.214. The monoisotopic (exact) mass is 257 g/mol. The molecule has 0 saturated carbocycles. The standard InChI is InChI=1S/C14H12FN3O/c15-12-3-1-2-10(6-12)11-7-16-14(17-8-11)18-5-4-13(19)9-18/h1-3,6-8H,4-5,9H2. The number of hydrogen-bond donors (Lipinski definition) is 0. The molecule has 0 aliphatic carbocycles. The maximum atomic E-state index is 13.1. The molecule has 0 N–H and O–H groups in total. The molecule has 0 atom stereocenters. The molecule has 1 fully saturated rings. The van der Waals surface area contributed by atoms with Crippen molar-refractivity contribution in [3.63, 3.8) is 0 Å². The SMILES string of the molecule is O=C1CCN(c2ncc(-c3cccc(F)c3)cn2)C1. The topological polar surface area (TPSA) is 46.1 Å². The van der Waals surface area contributed by atoms with Crippen LogP contribution in [0.4, 0.5) is 10.3 Å². The summed E-state index contributed by atoms with van der Waals surface area (Å²) in [6.07, 6.45) is 3.86. The summed E-state index contributed by atoms with van der Waals surface area (Å²) < 4.78 is 13.1. The third kappa shape index (κ3) is 2.45. The molecule has 1 aliphatic rings. The predicted molar refractivity (Wildman–Crippen MR) is 69.3 cm³/mol. The highest BCUT2D eigenvalue weighted by Crippen LogP contribution is 2.20. The number of ketones is 1. The molecule has 1 aromatic heterocycles. The molecule has 0 bridgehead atoms. The van der Waals surface area contributed by atoms with Crippen molar-refractivity contribution >= 4 is 11.7 Å². The van der Waals surface area contributed by atoms with Gasteiger partial charge in [0.2, 0.25) is 5.95 Å². The first-order chi connectivity index (χ1) is 9.22. The van der Waals surface area contributed by atoms with Crippen LogP contribution < -0.4 is 4.90 Å². The summed E-state index contributed by atoms with van der Waals surface area (Å²) >= 11 is 0. The van der Waals surface area contributed by atoms with Crippen LogP contribution in [0.3, 0.4) is 0 Å².